The highest BCUT2D eigenvalue weighted by Crippen LogP contribution is 2.60. The van der Waals surface area contributed by atoms with Gasteiger partial charge in [0.2, 0.25) is 5.91 Å². The molecule has 1 amide bonds. The van der Waals surface area contributed by atoms with Crippen LogP contribution >= 0.6 is 0 Å². The van der Waals surface area contributed by atoms with Crippen LogP contribution in [0.5, 0.6) is 0 Å². The van der Waals surface area contributed by atoms with E-state index >= 15 is 0 Å². The Kier molecular flexibility index (Phi) is 3.72. The number of carbonyl (C=O) groups is 1. The molecule has 4 bridgehead atoms. The molecule has 5 aliphatic rings. The van der Waals surface area contributed by atoms with Crippen LogP contribution in [0.15, 0.2) is 36.5 Å². The number of nitrogens with zero attached hydrogens (tertiary/aromatic N) is 3. The normalized spacial score (nSPS) is 34.2. The van der Waals surface area contributed by atoms with Gasteiger partial charge in [-0.05, 0) is 80.5 Å². The number of benzene rings is 1. The summed E-state index contributed by atoms with van der Waals surface area (Å²) in [5.74, 6) is 3.00. The number of pyridine rings is 1. The second kappa shape index (κ2) is 6.20. The van der Waals surface area contributed by atoms with Gasteiger partial charge < -0.3 is 9.80 Å². The lowest BCUT2D eigenvalue weighted by molar-refractivity contribution is -0.158. The molecule has 1 aliphatic heterocycles. The molecule has 4 saturated carbocycles. The van der Waals surface area contributed by atoms with Crippen molar-refractivity contribution < 1.29 is 4.79 Å². The van der Waals surface area contributed by atoms with Gasteiger partial charge in [-0.3, -0.25) is 9.78 Å². The molecule has 5 fully saturated rings. The predicted molar refractivity (Wildman–Crippen MR) is 111 cm³/mol. The van der Waals surface area contributed by atoms with E-state index in [1.165, 1.54) is 49.6 Å². The van der Waals surface area contributed by atoms with Crippen LogP contribution < -0.4 is 4.90 Å². The average molecular weight is 376 g/mol. The van der Waals surface area contributed by atoms with Gasteiger partial charge in [-0.1, -0.05) is 6.07 Å². The van der Waals surface area contributed by atoms with Crippen molar-refractivity contribution >= 4 is 22.5 Å². The fourth-order valence-corrected chi connectivity index (χ4v) is 7.14. The fraction of sp³-hybridized carbons (Fsp3) is 0.583. The molecule has 7 rings (SSSR count). The number of hydrogen-bond donors (Lipinski definition) is 0. The Morgan fingerprint density at radius 3 is 2.29 bits per heavy atom. The second-order valence-corrected chi connectivity index (χ2v) is 9.86. The zero-order valence-corrected chi connectivity index (χ0v) is 16.5. The molecule has 146 valence electrons. The molecule has 4 aliphatic carbocycles. The highest BCUT2D eigenvalue weighted by atomic mass is 16.2. The van der Waals surface area contributed by atoms with E-state index in [9.17, 15) is 4.79 Å². The quantitative estimate of drug-likeness (QED) is 0.793. The summed E-state index contributed by atoms with van der Waals surface area (Å²) >= 11 is 0. The number of fused-ring (bicyclic) bond motifs is 1. The van der Waals surface area contributed by atoms with Gasteiger partial charge in [0.25, 0.3) is 0 Å². The molecule has 2 aromatic rings. The standard InChI is InChI=1S/C24H29N3O/c28-23(24-14-17-10-18(15-24)12-19(11-17)16-24)27-8-6-26(7-9-27)21-3-4-22-20(13-21)2-1-5-25-22/h1-5,13,17-19H,6-12,14-16H2. The Balaban J connectivity index is 1.16. The SMILES string of the molecule is O=C(N1CCN(c2ccc3ncccc3c2)CC1)C12CC3CC(CC(C3)C1)C2. The largest absolute Gasteiger partial charge is 0.368 e. The van der Waals surface area contributed by atoms with Crippen LogP contribution in [0.3, 0.4) is 0 Å². The lowest BCUT2D eigenvalue weighted by Crippen LogP contribution is -2.58. The molecule has 0 atom stereocenters. The van der Waals surface area contributed by atoms with E-state index in [0.29, 0.717) is 5.91 Å². The Morgan fingerprint density at radius 1 is 0.929 bits per heavy atom. The maximum Gasteiger partial charge on any atom is 0.228 e. The van der Waals surface area contributed by atoms with Gasteiger partial charge in [-0.2, -0.15) is 0 Å². The number of amides is 1. The molecule has 4 nitrogen and oxygen atoms in total. The van der Waals surface area contributed by atoms with Crippen LogP contribution in [-0.2, 0) is 4.79 Å². The van der Waals surface area contributed by atoms with E-state index in [1.807, 2.05) is 12.3 Å². The van der Waals surface area contributed by atoms with Crippen LogP contribution in [-0.4, -0.2) is 42.0 Å². The molecule has 1 saturated heterocycles. The molecular formula is C24H29N3O. The van der Waals surface area contributed by atoms with Gasteiger partial charge in [0.1, 0.15) is 0 Å². The Hall–Kier alpha value is -2.10. The van der Waals surface area contributed by atoms with Crippen molar-refractivity contribution in [3.63, 3.8) is 0 Å². The van der Waals surface area contributed by atoms with Crippen molar-refractivity contribution in [1.29, 1.82) is 0 Å². The molecule has 2 heterocycles. The van der Waals surface area contributed by atoms with E-state index in [0.717, 1.165) is 49.4 Å². The minimum atomic E-state index is 0.00549. The monoisotopic (exact) mass is 375 g/mol. The van der Waals surface area contributed by atoms with Gasteiger partial charge in [0.15, 0.2) is 0 Å². The van der Waals surface area contributed by atoms with Crippen molar-refractivity contribution in [3.05, 3.63) is 36.5 Å². The summed E-state index contributed by atoms with van der Waals surface area (Å²) in [6, 6.07) is 10.6. The predicted octanol–water partition coefficient (Wildman–Crippen LogP) is 4.10. The van der Waals surface area contributed by atoms with E-state index in [-0.39, 0.29) is 5.41 Å². The lowest BCUT2D eigenvalue weighted by atomic mass is 9.49. The third kappa shape index (κ3) is 2.64. The van der Waals surface area contributed by atoms with Crippen molar-refractivity contribution in [2.24, 2.45) is 23.2 Å². The van der Waals surface area contributed by atoms with Crippen LogP contribution in [0.25, 0.3) is 10.9 Å². The number of piperazine rings is 1. The van der Waals surface area contributed by atoms with Crippen molar-refractivity contribution in [2.75, 3.05) is 31.1 Å². The Labute approximate surface area is 166 Å². The topological polar surface area (TPSA) is 36.4 Å². The molecule has 0 spiro atoms. The highest BCUT2D eigenvalue weighted by Gasteiger charge is 2.55. The zero-order valence-electron chi connectivity index (χ0n) is 16.5. The van der Waals surface area contributed by atoms with Crippen LogP contribution in [0, 0.1) is 23.2 Å². The molecule has 1 aromatic heterocycles. The summed E-state index contributed by atoms with van der Waals surface area (Å²) in [7, 11) is 0. The number of rotatable bonds is 2. The minimum Gasteiger partial charge on any atom is -0.368 e. The summed E-state index contributed by atoms with van der Waals surface area (Å²) in [5.41, 5.74) is 2.30. The smallest absolute Gasteiger partial charge is 0.228 e. The van der Waals surface area contributed by atoms with E-state index < -0.39 is 0 Å². The lowest BCUT2D eigenvalue weighted by Gasteiger charge is -2.57. The Bertz CT molecular complexity index is 880. The molecule has 0 N–H and O–H groups in total. The minimum absolute atomic E-state index is 0.00549. The van der Waals surface area contributed by atoms with Gasteiger partial charge in [-0.25, -0.2) is 0 Å². The number of carbonyl (C=O) groups excluding carboxylic acids is 1. The zero-order chi connectivity index (χ0) is 18.7. The van der Waals surface area contributed by atoms with E-state index in [2.05, 4.69) is 39.0 Å². The first-order valence-electron chi connectivity index (χ1n) is 11.1. The number of aromatic nitrogens is 1. The van der Waals surface area contributed by atoms with Crippen molar-refractivity contribution in [3.8, 4) is 0 Å². The number of anilines is 1. The molecule has 4 heteroatoms. The van der Waals surface area contributed by atoms with Crippen molar-refractivity contribution in [1.82, 2.24) is 9.88 Å². The van der Waals surface area contributed by atoms with E-state index in [4.69, 9.17) is 0 Å². The fourth-order valence-electron chi connectivity index (χ4n) is 7.14. The first-order valence-corrected chi connectivity index (χ1v) is 11.1. The van der Waals surface area contributed by atoms with Crippen LogP contribution in [0.1, 0.15) is 38.5 Å². The summed E-state index contributed by atoms with van der Waals surface area (Å²) < 4.78 is 0. The van der Waals surface area contributed by atoms with Gasteiger partial charge >= 0.3 is 0 Å². The summed E-state index contributed by atoms with van der Waals surface area (Å²) in [6.07, 6.45) is 9.57. The summed E-state index contributed by atoms with van der Waals surface area (Å²) in [6.45, 7) is 3.60. The van der Waals surface area contributed by atoms with E-state index in [1.54, 1.807) is 0 Å². The highest BCUT2D eigenvalue weighted by molar-refractivity contribution is 5.84. The van der Waals surface area contributed by atoms with Crippen LogP contribution in [0.4, 0.5) is 5.69 Å². The van der Waals surface area contributed by atoms with Gasteiger partial charge in [0.05, 0.1) is 10.9 Å². The molecule has 1 aromatic carbocycles. The van der Waals surface area contributed by atoms with Crippen LogP contribution in [0.2, 0.25) is 0 Å². The maximum atomic E-state index is 13.6. The van der Waals surface area contributed by atoms with Gasteiger partial charge in [0, 0.05) is 43.4 Å². The molecule has 0 unspecified atom stereocenters. The van der Waals surface area contributed by atoms with Crippen molar-refractivity contribution in [2.45, 2.75) is 38.5 Å². The second-order valence-electron chi connectivity index (χ2n) is 9.86. The molecule has 0 radical (unpaired) electrons. The third-order valence-corrected chi connectivity index (χ3v) is 8.01. The third-order valence-electron chi connectivity index (χ3n) is 8.01. The number of hydrogen-bond acceptors (Lipinski definition) is 3. The summed E-state index contributed by atoms with van der Waals surface area (Å²) in [5, 5.41) is 1.19. The Morgan fingerprint density at radius 2 is 1.61 bits per heavy atom. The van der Waals surface area contributed by atoms with Gasteiger partial charge in [-0.15, -0.1) is 0 Å². The average Bonchev–Trinajstić information content (AvgIpc) is 2.72. The summed E-state index contributed by atoms with van der Waals surface area (Å²) in [4.78, 5) is 22.6. The molecule has 28 heavy (non-hydrogen) atoms. The maximum absolute atomic E-state index is 13.6. The first-order chi connectivity index (χ1) is 13.7. The first kappa shape index (κ1) is 16.8. The molecular weight excluding hydrogens is 346 g/mol.